The Hall–Kier alpha value is -1.46. The van der Waals surface area contributed by atoms with Crippen LogP contribution in [-0.2, 0) is 14.3 Å². The van der Waals surface area contributed by atoms with Crippen LogP contribution in [0.25, 0.3) is 0 Å². The van der Waals surface area contributed by atoms with Crippen molar-refractivity contribution in [3.8, 4) is 0 Å². The highest BCUT2D eigenvalue weighted by Crippen LogP contribution is 2.40. The van der Waals surface area contributed by atoms with Gasteiger partial charge in [-0.2, -0.15) is 0 Å². The van der Waals surface area contributed by atoms with E-state index in [9.17, 15) is 18.4 Å². The van der Waals surface area contributed by atoms with Crippen LogP contribution in [0.5, 0.6) is 0 Å². The van der Waals surface area contributed by atoms with Crippen LogP contribution in [0.15, 0.2) is 11.8 Å². The zero-order valence-electron chi connectivity index (χ0n) is 10.7. The Kier molecular flexibility index (Phi) is 4.43. The molecule has 102 valence electrons. The lowest BCUT2D eigenvalue weighted by atomic mass is 9.96. The largest absolute Gasteiger partial charge is 0.465 e. The van der Waals surface area contributed by atoms with Crippen LogP contribution in [0.4, 0.5) is 8.78 Å². The fourth-order valence-electron chi connectivity index (χ4n) is 1.98. The number of ether oxygens (including phenoxy) is 1. The molecule has 0 radical (unpaired) electrons. The average molecular weight is 261 g/mol. The van der Waals surface area contributed by atoms with Gasteiger partial charge in [0.05, 0.1) is 7.11 Å². The minimum Gasteiger partial charge on any atom is -0.465 e. The minimum atomic E-state index is -2.81. The third-order valence-electron chi connectivity index (χ3n) is 2.83. The number of Topliss-reactive ketones (excluding diaryl/α,β-unsaturated/α-hetero) is 1. The molecule has 0 N–H and O–H groups in total. The summed E-state index contributed by atoms with van der Waals surface area (Å²) < 4.78 is 30.6. The number of alkyl halides is 2. The molecule has 0 aromatic rings. The SMILES string of the molecule is COC(=O)/C(=C\N(C)C)C(=O)C1CCC(F)(F)C1. The first-order valence-corrected chi connectivity index (χ1v) is 5.65. The first-order chi connectivity index (χ1) is 8.26. The highest BCUT2D eigenvalue weighted by Gasteiger charge is 2.44. The van der Waals surface area contributed by atoms with Crippen molar-refractivity contribution in [1.29, 1.82) is 0 Å². The second-order valence-corrected chi connectivity index (χ2v) is 4.66. The molecule has 0 heterocycles. The Bertz CT molecular complexity index is 378. The number of carbonyl (C=O) groups excluding carboxylic acids is 2. The maximum absolute atomic E-state index is 13.1. The zero-order valence-corrected chi connectivity index (χ0v) is 10.7. The van der Waals surface area contributed by atoms with E-state index in [1.165, 1.54) is 11.1 Å². The monoisotopic (exact) mass is 261 g/mol. The molecule has 0 aromatic carbocycles. The maximum atomic E-state index is 13.1. The summed E-state index contributed by atoms with van der Waals surface area (Å²) in [6, 6.07) is 0. The first-order valence-electron chi connectivity index (χ1n) is 5.65. The van der Waals surface area contributed by atoms with Gasteiger partial charge in [-0.1, -0.05) is 0 Å². The molecular formula is C12H17F2NO3. The molecule has 0 aromatic heterocycles. The third kappa shape index (κ3) is 3.51. The standard InChI is InChI=1S/C12H17F2NO3/c1-15(2)7-9(11(17)18-3)10(16)8-4-5-12(13,14)6-8/h7-8H,4-6H2,1-3H3/b9-7-. The van der Waals surface area contributed by atoms with Crippen LogP contribution in [0.2, 0.25) is 0 Å². The van der Waals surface area contributed by atoms with Crippen molar-refractivity contribution >= 4 is 11.8 Å². The minimum absolute atomic E-state index is 0.105. The van der Waals surface area contributed by atoms with E-state index < -0.39 is 30.0 Å². The predicted molar refractivity (Wildman–Crippen MR) is 61.1 cm³/mol. The second kappa shape index (κ2) is 5.46. The van der Waals surface area contributed by atoms with Gasteiger partial charge in [-0.15, -0.1) is 0 Å². The Morgan fingerprint density at radius 1 is 1.39 bits per heavy atom. The molecule has 6 heteroatoms. The highest BCUT2D eigenvalue weighted by atomic mass is 19.3. The number of nitrogens with zero attached hydrogens (tertiary/aromatic N) is 1. The summed E-state index contributed by atoms with van der Waals surface area (Å²) in [6.45, 7) is 0. The smallest absolute Gasteiger partial charge is 0.342 e. The average Bonchev–Trinajstić information content (AvgIpc) is 2.64. The summed E-state index contributed by atoms with van der Waals surface area (Å²) in [5, 5.41) is 0. The summed E-state index contributed by atoms with van der Waals surface area (Å²) in [5.41, 5.74) is -0.176. The molecule has 4 nitrogen and oxygen atoms in total. The maximum Gasteiger partial charge on any atom is 0.342 e. The van der Waals surface area contributed by atoms with Crippen LogP contribution < -0.4 is 0 Å². The zero-order chi connectivity index (χ0) is 13.9. The van der Waals surface area contributed by atoms with Gasteiger partial charge in [-0.3, -0.25) is 4.79 Å². The summed E-state index contributed by atoms with van der Waals surface area (Å²) in [6.07, 6.45) is 0.617. The van der Waals surface area contributed by atoms with Crippen LogP contribution in [-0.4, -0.2) is 43.8 Å². The van der Waals surface area contributed by atoms with E-state index >= 15 is 0 Å². The molecule has 0 bridgehead atoms. The molecule has 0 spiro atoms. The Labute approximate surface area is 105 Å². The Balaban J connectivity index is 2.88. The van der Waals surface area contributed by atoms with Crippen molar-refractivity contribution in [3.05, 3.63) is 11.8 Å². The fourth-order valence-corrected chi connectivity index (χ4v) is 1.98. The number of halogens is 2. The number of carbonyl (C=O) groups is 2. The number of rotatable bonds is 4. The van der Waals surface area contributed by atoms with E-state index in [4.69, 9.17) is 0 Å². The van der Waals surface area contributed by atoms with E-state index in [-0.39, 0.29) is 18.4 Å². The van der Waals surface area contributed by atoms with E-state index in [0.717, 1.165) is 7.11 Å². The van der Waals surface area contributed by atoms with Crippen LogP contribution in [0, 0.1) is 5.92 Å². The first kappa shape index (κ1) is 14.6. The summed E-state index contributed by atoms with van der Waals surface area (Å²) in [7, 11) is 4.43. The normalized spacial score (nSPS) is 22.7. The van der Waals surface area contributed by atoms with Gasteiger partial charge in [0.15, 0.2) is 5.78 Å². The molecule has 1 fully saturated rings. The van der Waals surface area contributed by atoms with Gasteiger partial charge in [0, 0.05) is 39.1 Å². The van der Waals surface area contributed by atoms with Crippen molar-refractivity contribution in [1.82, 2.24) is 4.90 Å². The lowest BCUT2D eigenvalue weighted by Crippen LogP contribution is -2.24. The van der Waals surface area contributed by atoms with Gasteiger partial charge in [0.2, 0.25) is 5.92 Å². The summed E-state index contributed by atoms with van der Waals surface area (Å²) in [5.74, 6) is -4.96. The van der Waals surface area contributed by atoms with Crippen molar-refractivity contribution in [2.45, 2.75) is 25.2 Å². The van der Waals surface area contributed by atoms with Crippen LogP contribution in [0.1, 0.15) is 19.3 Å². The molecule has 18 heavy (non-hydrogen) atoms. The number of esters is 1. The molecule has 1 rings (SSSR count). The molecule has 0 amide bonds. The van der Waals surface area contributed by atoms with E-state index in [1.807, 2.05) is 0 Å². The number of ketones is 1. The quantitative estimate of drug-likeness (QED) is 0.334. The lowest BCUT2D eigenvalue weighted by molar-refractivity contribution is -0.138. The van der Waals surface area contributed by atoms with Gasteiger partial charge in [0.1, 0.15) is 5.57 Å². The van der Waals surface area contributed by atoms with Crippen molar-refractivity contribution in [3.63, 3.8) is 0 Å². The van der Waals surface area contributed by atoms with Gasteiger partial charge < -0.3 is 9.64 Å². The number of hydrogen-bond acceptors (Lipinski definition) is 4. The molecule has 1 aliphatic rings. The topological polar surface area (TPSA) is 46.6 Å². The van der Waals surface area contributed by atoms with E-state index in [1.54, 1.807) is 14.1 Å². The van der Waals surface area contributed by atoms with Crippen molar-refractivity contribution in [2.24, 2.45) is 5.92 Å². The van der Waals surface area contributed by atoms with Crippen LogP contribution in [0.3, 0.4) is 0 Å². The number of hydrogen-bond donors (Lipinski definition) is 0. The molecule has 0 aliphatic heterocycles. The second-order valence-electron chi connectivity index (χ2n) is 4.66. The fraction of sp³-hybridized carbons (Fsp3) is 0.667. The van der Waals surface area contributed by atoms with Gasteiger partial charge >= 0.3 is 5.97 Å². The van der Waals surface area contributed by atoms with Crippen molar-refractivity contribution < 1.29 is 23.1 Å². The molecule has 1 unspecified atom stereocenters. The van der Waals surface area contributed by atoms with Gasteiger partial charge in [-0.25, -0.2) is 13.6 Å². The Morgan fingerprint density at radius 3 is 2.39 bits per heavy atom. The summed E-state index contributed by atoms with van der Waals surface area (Å²) >= 11 is 0. The van der Waals surface area contributed by atoms with Crippen LogP contribution >= 0.6 is 0 Å². The van der Waals surface area contributed by atoms with Gasteiger partial charge in [-0.05, 0) is 6.42 Å². The predicted octanol–water partition coefficient (Wildman–Crippen LogP) is 1.61. The molecule has 1 aliphatic carbocycles. The van der Waals surface area contributed by atoms with E-state index in [0.29, 0.717) is 0 Å². The van der Waals surface area contributed by atoms with Gasteiger partial charge in [0.25, 0.3) is 0 Å². The molecule has 0 saturated heterocycles. The lowest BCUT2D eigenvalue weighted by Gasteiger charge is -2.13. The Morgan fingerprint density at radius 2 is 2.00 bits per heavy atom. The van der Waals surface area contributed by atoms with Crippen molar-refractivity contribution in [2.75, 3.05) is 21.2 Å². The number of methoxy groups -OCH3 is 1. The third-order valence-corrected chi connectivity index (χ3v) is 2.83. The van der Waals surface area contributed by atoms with E-state index in [2.05, 4.69) is 4.74 Å². The molecule has 1 atom stereocenters. The highest BCUT2D eigenvalue weighted by molar-refractivity contribution is 6.18. The molecular weight excluding hydrogens is 244 g/mol. The summed E-state index contributed by atoms with van der Waals surface area (Å²) in [4.78, 5) is 25.0. The molecule has 1 saturated carbocycles.